The molecule has 4 aromatic rings. The van der Waals surface area contributed by atoms with Crippen molar-refractivity contribution in [2.45, 2.75) is 11.8 Å². The number of hydrogen-bond donors (Lipinski definition) is 0. The van der Waals surface area contributed by atoms with Gasteiger partial charge >= 0.3 is 0 Å². The monoisotopic (exact) mass is 490 g/mol. The topological polar surface area (TPSA) is 88.8 Å². The van der Waals surface area contributed by atoms with E-state index >= 15 is 0 Å². The lowest BCUT2D eigenvalue weighted by molar-refractivity contribution is 0.384. The Morgan fingerprint density at radius 3 is 2.37 bits per heavy atom. The SMILES string of the molecule is COc1cccc(N2CCN(S(=O)(=O)c3cccc(-c4nc(-c5ccc(C)cc5)no4)c3)CC2)c1. The second-order valence-corrected chi connectivity index (χ2v) is 10.3. The molecule has 1 saturated heterocycles. The highest BCUT2D eigenvalue weighted by Gasteiger charge is 2.29. The van der Waals surface area contributed by atoms with Gasteiger partial charge in [-0.05, 0) is 37.3 Å². The van der Waals surface area contributed by atoms with E-state index in [1.54, 1.807) is 31.4 Å². The van der Waals surface area contributed by atoms with E-state index in [1.165, 1.54) is 4.31 Å². The third-order valence-electron chi connectivity index (χ3n) is 6.11. The third-order valence-corrected chi connectivity index (χ3v) is 8.01. The van der Waals surface area contributed by atoms with Crippen LogP contribution in [0.15, 0.2) is 82.2 Å². The molecule has 0 bridgehead atoms. The largest absolute Gasteiger partial charge is 0.497 e. The van der Waals surface area contributed by atoms with E-state index < -0.39 is 10.0 Å². The van der Waals surface area contributed by atoms with Crippen molar-refractivity contribution >= 4 is 15.7 Å². The minimum absolute atomic E-state index is 0.208. The molecule has 9 heteroatoms. The number of rotatable bonds is 6. The number of hydrogen-bond acceptors (Lipinski definition) is 7. The number of sulfonamides is 1. The third kappa shape index (κ3) is 4.78. The van der Waals surface area contributed by atoms with Crippen LogP contribution >= 0.6 is 0 Å². The Morgan fingerprint density at radius 2 is 1.63 bits per heavy atom. The van der Waals surface area contributed by atoms with Crippen LogP contribution in [0.1, 0.15) is 5.56 Å². The van der Waals surface area contributed by atoms with E-state index in [1.807, 2.05) is 55.5 Å². The summed E-state index contributed by atoms with van der Waals surface area (Å²) in [6, 6.07) is 22.3. The highest BCUT2D eigenvalue weighted by atomic mass is 32.2. The van der Waals surface area contributed by atoms with Gasteiger partial charge in [0, 0.05) is 49.1 Å². The van der Waals surface area contributed by atoms with Crippen molar-refractivity contribution in [3.05, 3.63) is 78.4 Å². The van der Waals surface area contributed by atoms with E-state index in [9.17, 15) is 8.42 Å². The Hall–Kier alpha value is -3.69. The molecule has 0 unspecified atom stereocenters. The Kier molecular flexibility index (Phi) is 6.27. The molecule has 0 atom stereocenters. The van der Waals surface area contributed by atoms with Crippen LogP contribution in [0.3, 0.4) is 0 Å². The maximum Gasteiger partial charge on any atom is 0.258 e. The standard InChI is InChI=1S/C26H26N4O4S/c1-19-9-11-20(12-10-19)25-27-26(34-28-25)21-5-3-8-24(17-21)35(31,32)30-15-13-29(14-16-30)22-6-4-7-23(18-22)33-2/h3-12,17-18H,13-16H2,1-2H3. The second kappa shape index (κ2) is 9.52. The van der Waals surface area contributed by atoms with E-state index in [2.05, 4.69) is 15.0 Å². The fourth-order valence-corrected chi connectivity index (χ4v) is 5.56. The van der Waals surface area contributed by atoms with Gasteiger partial charge in [-0.3, -0.25) is 0 Å². The van der Waals surface area contributed by atoms with Crippen LogP contribution in [0.4, 0.5) is 5.69 Å². The summed E-state index contributed by atoms with van der Waals surface area (Å²) < 4.78 is 39.1. The molecule has 8 nitrogen and oxygen atoms in total. The molecule has 0 aliphatic carbocycles. The van der Waals surface area contributed by atoms with Gasteiger partial charge < -0.3 is 14.2 Å². The molecule has 2 heterocycles. The van der Waals surface area contributed by atoms with Crippen LogP contribution in [0.25, 0.3) is 22.8 Å². The van der Waals surface area contributed by atoms with Gasteiger partial charge in [0.1, 0.15) is 5.75 Å². The Bertz CT molecular complexity index is 1430. The summed E-state index contributed by atoms with van der Waals surface area (Å²) in [5.74, 6) is 1.52. The van der Waals surface area contributed by atoms with Crippen LogP contribution in [0.2, 0.25) is 0 Å². The van der Waals surface area contributed by atoms with Gasteiger partial charge in [0.25, 0.3) is 5.89 Å². The second-order valence-electron chi connectivity index (χ2n) is 8.41. The molecule has 1 aliphatic heterocycles. The summed E-state index contributed by atoms with van der Waals surface area (Å²) >= 11 is 0. The van der Waals surface area contributed by atoms with Crippen molar-refractivity contribution in [2.24, 2.45) is 0 Å². The quantitative estimate of drug-likeness (QED) is 0.400. The van der Waals surface area contributed by atoms with Gasteiger partial charge in [-0.2, -0.15) is 9.29 Å². The Morgan fingerprint density at radius 1 is 0.886 bits per heavy atom. The summed E-state index contributed by atoms with van der Waals surface area (Å²) in [7, 11) is -2.03. The smallest absolute Gasteiger partial charge is 0.258 e. The summed E-state index contributed by atoms with van der Waals surface area (Å²) in [5.41, 5.74) is 3.55. The highest BCUT2D eigenvalue weighted by molar-refractivity contribution is 7.89. The number of methoxy groups -OCH3 is 1. The minimum Gasteiger partial charge on any atom is -0.497 e. The lowest BCUT2D eigenvalue weighted by Crippen LogP contribution is -2.48. The van der Waals surface area contributed by atoms with Crippen LogP contribution in [0, 0.1) is 6.92 Å². The molecule has 1 fully saturated rings. The van der Waals surface area contributed by atoms with Gasteiger partial charge in [0.15, 0.2) is 0 Å². The maximum atomic E-state index is 13.4. The lowest BCUT2D eigenvalue weighted by Gasteiger charge is -2.35. The maximum absolute atomic E-state index is 13.4. The first-order valence-electron chi connectivity index (χ1n) is 11.3. The molecule has 5 rings (SSSR count). The van der Waals surface area contributed by atoms with Crippen molar-refractivity contribution in [3.8, 4) is 28.6 Å². The predicted molar refractivity (Wildman–Crippen MR) is 134 cm³/mol. The number of aryl methyl sites for hydroxylation is 1. The van der Waals surface area contributed by atoms with E-state index in [0.717, 1.165) is 22.6 Å². The average molecular weight is 491 g/mol. The first kappa shape index (κ1) is 23.1. The van der Waals surface area contributed by atoms with Gasteiger partial charge in [-0.1, -0.05) is 47.1 Å². The summed E-state index contributed by atoms with van der Waals surface area (Å²) in [6.45, 7) is 3.98. The van der Waals surface area contributed by atoms with E-state index in [-0.39, 0.29) is 10.8 Å². The molecule has 1 aliphatic rings. The zero-order valence-electron chi connectivity index (χ0n) is 19.6. The zero-order chi connectivity index (χ0) is 24.4. The normalized spacial score (nSPS) is 14.7. The van der Waals surface area contributed by atoms with Gasteiger partial charge in [0.2, 0.25) is 15.8 Å². The van der Waals surface area contributed by atoms with E-state index in [4.69, 9.17) is 9.26 Å². The molecule has 35 heavy (non-hydrogen) atoms. The number of nitrogens with zero attached hydrogens (tertiary/aromatic N) is 4. The number of piperazine rings is 1. The fraction of sp³-hybridized carbons (Fsp3) is 0.231. The molecular weight excluding hydrogens is 464 g/mol. The van der Waals surface area contributed by atoms with Crippen LogP contribution in [-0.2, 0) is 10.0 Å². The van der Waals surface area contributed by atoms with Crippen molar-refractivity contribution in [1.29, 1.82) is 0 Å². The Balaban J connectivity index is 1.32. The number of benzene rings is 3. The summed E-state index contributed by atoms with van der Waals surface area (Å²) in [4.78, 5) is 6.84. The summed E-state index contributed by atoms with van der Waals surface area (Å²) in [6.07, 6.45) is 0. The molecule has 0 radical (unpaired) electrons. The van der Waals surface area contributed by atoms with Crippen LogP contribution < -0.4 is 9.64 Å². The van der Waals surface area contributed by atoms with Crippen molar-refractivity contribution in [2.75, 3.05) is 38.2 Å². The highest BCUT2D eigenvalue weighted by Crippen LogP contribution is 2.27. The average Bonchev–Trinajstić information content (AvgIpc) is 3.40. The van der Waals surface area contributed by atoms with Gasteiger partial charge in [0.05, 0.1) is 12.0 Å². The predicted octanol–water partition coefficient (Wildman–Crippen LogP) is 4.23. The number of anilines is 1. The van der Waals surface area contributed by atoms with Crippen molar-refractivity contribution in [1.82, 2.24) is 14.4 Å². The molecule has 0 saturated carbocycles. The van der Waals surface area contributed by atoms with Gasteiger partial charge in [-0.15, -0.1) is 0 Å². The lowest BCUT2D eigenvalue weighted by atomic mass is 10.1. The molecule has 0 spiro atoms. The van der Waals surface area contributed by atoms with Gasteiger partial charge in [-0.25, -0.2) is 8.42 Å². The molecule has 0 N–H and O–H groups in total. The fourth-order valence-electron chi connectivity index (χ4n) is 4.09. The zero-order valence-corrected chi connectivity index (χ0v) is 20.4. The van der Waals surface area contributed by atoms with Crippen LogP contribution in [0.5, 0.6) is 5.75 Å². The van der Waals surface area contributed by atoms with Crippen molar-refractivity contribution in [3.63, 3.8) is 0 Å². The number of aromatic nitrogens is 2. The first-order valence-corrected chi connectivity index (χ1v) is 12.8. The number of ether oxygens (including phenoxy) is 1. The molecular formula is C26H26N4O4S. The molecule has 3 aromatic carbocycles. The molecule has 1 aromatic heterocycles. The molecule has 0 amide bonds. The minimum atomic E-state index is -3.67. The van der Waals surface area contributed by atoms with Crippen LogP contribution in [-0.4, -0.2) is 56.2 Å². The first-order chi connectivity index (χ1) is 16.9. The Labute approximate surface area is 204 Å². The van der Waals surface area contributed by atoms with E-state index in [0.29, 0.717) is 37.6 Å². The molecule has 180 valence electrons. The summed E-state index contributed by atoms with van der Waals surface area (Å²) in [5, 5.41) is 4.06. The van der Waals surface area contributed by atoms with Crippen molar-refractivity contribution < 1.29 is 17.7 Å².